The zero-order valence-corrected chi connectivity index (χ0v) is 21.7. The standard InChI is InChI=1S/C28H32FN5O5/c29-23-8-4-21(5-9-23)26-18-25(20-6-10-24(11-7-20)34(37)38)30-33(26)27(35)19-32(28(36)22-2-1-3-22)13-12-31-14-16-39-17-15-31/h4-11,22,26H,1-3,12-19H2/t26-/m0/s1. The van der Waals surface area contributed by atoms with Crippen molar-refractivity contribution in [2.24, 2.45) is 11.0 Å². The first-order valence-corrected chi connectivity index (χ1v) is 13.4. The lowest BCUT2D eigenvalue weighted by molar-refractivity contribution is -0.384. The highest BCUT2D eigenvalue weighted by molar-refractivity contribution is 6.03. The number of non-ortho nitro benzene ring substituents is 1. The minimum Gasteiger partial charge on any atom is -0.379 e. The van der Waals surface area contributed by atoms with Gasteiger partial charge in [0.25, 0.3) is 11.6 Å². The molecule has 10 nitrogen and oxygen atoms in total. The maximum Gasteiger partial charge on any atom is 0.269 e. The molecule has 2 aliphatic heterocycles. The molecule has 1 atom stereocenters. The van der Waals surface area contributed by atoms with Gasteiger partial charge < -0.3 is 9.64 Å². The predicted molar refractivity (Wildman–Crippen MR) is 141 cm³/mol. The smallest absolute Gasteiger partial charge is 0.269 e. The Morgan fingerprint density at radius 3 is 2.38 bits per heavy atom. The zero-order valence-electron chi connectivity index (χ0n) is 21.7. The van der Waals surface area contributed by atoms with Crippen molar-refractivity contribution < 1.29 is 23.6 Å². The molecule has 206 valence electrons. The summed E-state index contributed by atoms with van der Waals surface area (Å²) in [5.74, 6) is -0.754. The Kier molecular flexibility index (Phi) is 8.27. The molecule has 11 heteroatoms. The average Bonchev–Trinajstić information content (AvgIpc) is 3.36. The Morgan fingerprint density at radius 2 is 1.77 bits per heavy atom. The van der Waals surface area contributed by atoms with E-state index < -0.39 is 11.0 Å². The highest BCUT2D eigenvalue weighted by Crippen LogP contribution is 2.34. The van der Waals surface area contributed by atoms with Crippen LogP contribution in [0.4, 0.5) is 10.1 Å². The van der Waals surface area contributed by atoms with Gasteiger partial charge in [-0.3, -0.25) is 24.6 Å². The van der Waals surface area contributed by atoms with Crippen LogP contribution in [0.5, 0.6) is 0 Å². The van der Waals surface area contributed by atoms with Crippen molar-refractivity contribution in [1.29, 1.82) is 0 Å². The topological polar surface area (TPSA) is 109 Å². The number of carbonyl (C=O) groups is 2. The number of nitro benzene ring substituents is 1. The molecule has 2 heterocycles. The van der Waals surface area contributed by atoms with Crippen molar-refractivity contribution in [3.05, 3.63) is 75.6 Å². The first-order chi connectivity index (χ1) is 18.9. The fourth-order valence-electron chi connectivity index (χ4n) is 5.14. The second-order valence-electron chi connectivity index (χ2n) is 10.2. The fourth-order valence-corrected chi connectivity index (χ4v) is 5.14. The highest BCUT2D eigenvalue weighted by Gasteiger charge is 2.36. The van der Waals surface area contributed by atoms with Crippen molar-refractivity contribution in [2.45, 2.75) is 31.7 Å². The van der Waals surface area contributed by atoms with E-state index in [1.807, 2.05) is 0 Å². The highest BCUT2D eigenvalue weighted by atomic mass is 19.1. The number of rotatable bonds is 9. The molecule has 1 aliphatic carbocycles. The molecule has 2 aromatic carbocycles. The molecule has 0 spiro atoms. The minimum atomic E-state index is -0.483. The van der Waals surface area contributed by atoms with Gasteiger partial charge >= 0.3 is 0 Å². The molecule has 39 heavy (non-hydrogen) atoms. The van der Waals surface area contributed by atoms with Crippen LogP contribution in [0.3, 0.4) is 0 Å². The summed E-state index contributed by atoms with van der Waals surface area (Å²) in [7, 11) is 0. The number of morpholine rings is 1. The number of hydrogen-bond donors (Lipinski definition) is 0. The maximum atomic E-state index is 13.7. The average molecular weight is 538 g/mol. The molecule has 1 saturated heterocycles. The Morgan fingerprint density at radius 1 is 1.08 bits per heavy atom. The van der Waals surface area contributed by atoms with Crippen molar-refractivity contribution in [3.8, 4) is 0 Å². The largest absolute Gasteiger partial charge is 0.379 e. The van der Waals surface area contributed by atoms with Crippen LogP contribution in [-0.2, 0) is 14.3 Å². The number of hydrogen-bond acceptors (Lipinski definition) is 7. The lowest BCUT2D eigenvalue weighted by Gasteiger charge is -2.34. The van der Waals surface area contributed by atoms with E-state index in [1.165, 1.54) is 29.3 Å². The third-order valence-corrected chi connectivity index (χ3v) is 7.71. The first kappa shape index (κ1) is 26.9. The lowest BCUT2D eigenvalue weighted by Crippen LogP contribution is -2.49. The summed E-state index contributed by atoms with van der Waals surface area (Å²) in [4.78, 5) is 41.5. The van der Waals surface area contributed by atoms with Gasteiger partial charge in [-0.05, 0) is 48.2 Å². The second kappa shape index (κ2) is 12.0. The van der Waals surface area contributed by atoms with Gasteiger partial charge in [0.15, 0.2) is 0 Å². The first-order valence-electron chi connectivity index (χ1n) is 13.4. The predicted octanol–water partition coefficient (Wildman–Crippen LogP) is 3.37. The van der Waals surface area contributed by atoms with Crippen LogP contribution < -0.4 is 0 Å². The van der Waals surface area contributed by atoms with E-state index in [2.05, 4.69) is 10.0 Å². The molecule has 2 fully saturated rings. The zero-order chi connectivity index (χ0) is 27.4. The van der Waals surface area contributed by atoms with E-state index >= 15 is 0 Å². The number of benzene rings is 2. The van der Waals surface area contributed by atoms with Gasteiger partial charge in [-0.2, -0.15) is 5.10 Å². The van der Waals surface area contributed by atoms with E-state index in [1.54, 1.807) is 29.2 Å². The number of nitro groups is 1. The monoisotopic (exact) mass is 537 g/mol. The lowest BCUT2D eigenvalue weighted by atomic mass is 9.84. The van der Waals surface area contributed by atoms with Crippen LogP contribution >= 0.6 is 0 Å². The van der Waals surface area contributed by atoms with Gasteiger partial charge in [-0.1, -0.05) is 18.6 Å². The maximum absolute atomic E-state index is 13.7. The molecule has 2 aromatic rings. The van der Waals surface area contributed by atoms with E-state index in [4.69, 9.17) is 4.74 Å². The fraction of sp³-hybridized carbons (Fsp3) is 0.464. The van der Waals surface area contributed by atoms with Crippen LogP contribution in [0.15, 0.2) is 53.6 Å². The van der Waals surface area contributed by atoms with Gasteiger partial charge in [0, 0.05) is 50.7 Å². The van der Waals surface area contributed by atoms with Crippen molar-refractivity contribution >= 4 is 23.2 Å². The van der Waals surface area contributed by atoms with Crippen LogP contribution in [0.25, 0.3) is 0 Å². The van der Waals surface area contributed by atoms with Crippen molar-refractivity contribution in [3.63, 3.8) is 0 Å². The molecule has 0 unspecified atom stereocenters. The summed E-state index contributed by atoms with van der Waals surface area (Å²) in [5, 5.41) is 17.1. The van der Waals surface area contributed by atoms with Gasteiger partial charge in [-0.25, -0.2) is 9.40 Å². The van der Waals surface area contributed by atoms with Gasteiger partial charge in [0.2, 0.25) is 5.91 Å². The number of amides is 2. The number of ether oxygens (including phenoxy) is 1. The van der Waals surface area contributed by atoms with Crippen LogP contribution in [0.2, 0.25) is 0 Å². The Balaban J connectivity index is 1.37. The second-order valence-corrected chi connectivity index (χ2v) is 10.2. The van der Waals surface area contributed by atoms with E-state index in [9.17, 15) is 24.1 Å². The quantitative estimate of drug-likeness (QED) is 0.359. The molecule has 5 rings (SSSR count). The van der Waals surface area contributed by atoms with E-state index in [-0.39, 0.29) is 35.8 Å². The SMILES string of the molecule is O=C(C1CCC1)N(CCN1CCOCC1)CC(=O)N1N=C(c2ccc([N+](=O)[O-])cc2)C[C@H]1c1ccc(F)cc1. The Labute approximate surface area is 226 Å². The van der Waals surface area contributed by atoms with Gasteiger partial charge in [0.1, 0.15) is 12.4 Å². The molecule has 0 bridgehead atoms. The normalized spacial score (nSPS) is 19.9. The van der Waals surface area contributed by atoms with Crippen LogP contribution in [0.1, 0.15) is 42.9 Å². The molecule has 3 aliphatic rings. The molecule has 1 saturated carbocycles. The van der Waals surface area contributed by atoms with Crippen LogP contribution in [0, 0.1) is 21.8 Å². The van der Waals surface area contributed by atoms with Gasteiger partial charge in [0.05, 0.1) is 29.9 Å². The summed E-state index contributed by atoms with van der Waals surface area (Å²) in [5.41, 5.74) is 1.94. The van der Waals surface area contributed by atoms with Crippen LogP contribution in [-0.4, -0.2) is 83.2 Å². The van der Waals surface area contributed by atoms with E-state index in [0.29, 0.717) is 44.0 Å². The number of nitrogens with zero attached hydrogens (tertiary/aromatic N) is 5. The third-order valence-electron chi connectivity index (χ3n) is 7.71. The number of hydrazone groups is 1. The summed E-state index contributed by atoms with van der Waals surface area (Å²) >= 11 is 0. The summed E-state index contributed by atoms with van der Waals surface area (Å²) in [6.45, 7) is 3.89. The molecule has 0 aromatic heterocycles. The molecule has 0 N–H and O–H groups in total. The summed E-state index contributed by atoms with van der Waals surface area (Å²) in [6, 6.07) is 11.5. The van der Waals surface area contributed by atoms with Gasteiger partial charge in [-0.15, -0.1) is 0 Å². The van der Waals surface area contributed by atoms with E-state index in [0.717, 1.165) is 37.9 Å². The molecule has 0 radical (unpaired) electrons. The minimum absolute atomic E-state index is 0.0000366. The molecule has 2 amide bonds. The molecular weight excluding hydrogens is 505 g/mol. The molecular formula is C28H32FN5O5. The Hall–Kier alpha value is -3.70. The summed E-state index contributed by atoms with van der Waals surface area (Å²) in [6.07, 6.45) is 3.06. The number of halogens is 1. The Bertz CT molecular complexity index is 1230. The number of carbonyl (C=O) groups excluding carboxylic acids is 2. The van der Waals surface area contributed by atoms with Crippen molar-refractivity contribution in [1.82, 2.24) is 14.8 Å². The third kappa shape index (κ3) is 6.31. The summed E-state index contributed by atoms with van der Waals surface area (Å²) < 4.78 is 19.1. The van der Waals surface area contributed by atoms with Crippen molar-refractivity contribution in [2.75, 3.05) is 45.9 Å².